The van der Waals surface area contributed by atoms with Gasteiger partial charge in [-0.05, 0) is 49.8 Å². The first-order valence-electron chi connectivity index (χ1n) is 6.08. The van der Waals surface area contributed by atoms with Crippen molar-refractivity contribution in [2.45, 2.75) is 38.3 Å². The summed E-state index contributed by atoms with van der Waals surface area (Å²) in [4.78, 5) is 4.02. The summed E-state index contributed by atoms with van der Waals surface area (Å²) in [7, 11) is 0. The fourth-order valence-corrected chi connectivity index (χ4v) is 2.16. The van der Waals surface area contributed by atoms with Gasteiger partial charge in [0.05, 0.1) is 0 Å². The molecule has 2 rings (SSSR count). The molecule has 0 bridgehead atoms. The molecular formula is C13H20N2O. The SMILES string of the molecule is CC(NC(CCO)C1CC1)c1ccncc1. The minimum Gasteiger partial charge on any atom is -0.396 e. The van der Waals surface area contributed by atoms with Gasteiger partial charge in [-0.2, -0.15) is 0 Å². The van der Waals surface area contributed by atoms with Gasteiger partial charge in [0, 0.05) is 31.1 Å². The summed E-state index contributed by atoms with van der Waals surface area (Å²) in [6, 6.07) is 4.88. The van der Waals surface area contributed by atoms with Crippen LogP contribution in [0.3, 0.4) is 0 Å². The lowest BCUT2D eigenvalue weighted by Crippen LogP contribution is -2.34. The molecule has 1 fully saturated rings. The lowest BCUT2D eigenvalue weighted by Gasteiger charge is -2.22. The quantitative estimate of drug-likeness (QED) is 0.769. The van der Waals surface area contributed by atoms with Crippen LogP contribution in [0.1, 0.15) is 37.8 Å². The van der Waals surface area contributed by atoms with E-state index < -0.39 is 0 Å². The second-order valence-electron chi connectivity index (χ2n) is 4.63. The van der Waals surface area contributed by atoms with E-state index in [1.165, 1.54) is 18.4 Å². The highest BCUT2D eigenvalue weighted by molar-refractivity contribution is 5.14. The van der Waals surface area contributed by atoms with Gasteiger partial charge < -0.3 is 10.4 Å². The third-order valence-electron chi connectivity index (χ3n) is 3.30. The first-order chi connectivity index (χ1) is 7.81. The minimum atomic E-state index is 0.275. The van der Waals surface area contributed by atoms with Crippen LogP contribution >= 0.6 is 0 Å². The van der Waals surface area contributed by atoms with Crippen LogP contribution in [0.2, 0.25) is 0 Å². The van der Waals surface area contributed by atoms with Gasteiger partial charge in [-0.25, -0.2) is 0 Å². The molecule has 1 aliphatic rings. The van der Waals surface area contributed by atoms with Crippen LogP contribution in [0.15, 0.2) is 24.5 Å². The summed E-state index contributed by atoms with van der Waals surface area (Å²) in [5.74, 6) is 0.774. The predicted molar refractivity (Wildman–Crippen MR) is 64.0 cm³/mol. The van der Waals surface area contributed by atoms with E-state index in [-0.39, 0.29) is 6.61 Å². The molecule has 3 nitrogen and oxygen atoms in total. The maximum Gasteiger partial charge on any atom is 0.0445 e. The van der Waals surface area contributed by atoms with Crippen molar-refractivity contribution in [1.29, 1.82) is 0 Å². The summed E-state index contributed by atoms with van der Waals surface area (Å²) in [6.07, 6.45) is 7.12. The molecule has 2 N–H and O–H groups in total. The monoisotopic (exact) mass is 220 g/mol. The molecule has 1 saturated carbocycles. The smallest absolute Gasteiger partial charge is 0.0445 e. The van der Waals surface area contributed by atoms with Crippen molar-refractivity contribution in [3.63, 3.8) is 0 Å². The standard InChI is InChI=1S/C13H20N2O/c1-10(11-4-7-14-8-5-11)15-13(6-9-16)12-2-3-12/h4-5,7-8,10,12-13,15-16H,2-3,6,9H2,1H3. The predicted octanol–water partition coefficient (Wildman–Crippen LogP) is 1.89. The highest BCUT2D eigenvalue weighted by Gasteiger charge is 2.31. The van der Waals surface area contributed by atoms with Crippen molar-refractivity contribution < 1.29 is 5.11 Å². The van der Waals surface area contributed by atoms with E-state index in [4.69, 9.17) is 5.11 Å². The number of aliphatic hydroxyl groups is 1. The van der Waals surface area contributed by atoms with Gasteiger partial charge in [0.15, 0.2) is 0 Å². The minimum absolute atomic E-state index is 0.275. The van der Waals surface area contributed by atoms with E-state index >= 15 is 0 Å². The van der Waals surface area contributed by atoms with E-state index in [1.54, 1.807) is 0 Å². The molecule has 0 radical (unpaired) electrons. The summed E-state index contributed by atoms with van der Waals surface area (Å²) in [6.45, 7) is 2.44. The fourth-order valence-electron chi connectivity index (χ4n) is 2.16. The van der Waals surface area contributed by atoms with Crippen molar-refractivity contribution in [3.05, 3.63) is 30.1 Å². The molecule has 0 aliphatic heterocycles. The van der Waals surface area contributed by atoms with Crippen LogP contribution in [0, 0.1) is 5.92 Å². The molecule has 16 heavy (non-hydrogen) atoms. The summed E-state index contributed by atoms with van der Waals surface area (Å²) < 4.78 is 0. The van der Waals surface area contributed by atoms with Gasteiger partial charge in [-0.3, -0.25) is 4.98 Å². The van der Waals surface area contributed by atoms with Gasteiger partial charge in [0.25, 0.3) is 0 Å². The Morgan fingerprint density at radius 1 is 1.44 bits per heavy atom. The lowest BCUT2D eigenvalue weighted by atomic mass is 10.1. The highest BCUT2D eigenvalue weighted by Crippen LogP contribution is 2.35. The molecule has 0 spiro atoms. The number of hydrogen-bond acceptors (Lipinski definition) is 3. The van der Waals surface area contributed by atoms with E-state index in [2.05, 4.69) is 17.2 Å². The van der Waals surface area contributed by atoms with Gasteiger partial charge in [-0.15, -0.1) is 0 Å². The van der Waals surface area contributed by atoms with Crippen LogP contribution in [-0.2, 0) is 0 Å². The van der Waals surface area contributed by atoms with Gasteiger partial charge in [0.1, 0.15) is 0 Å². The molecule has 0 saturated heterocycles. The molecule has 88 valence electrons. The second kappa shape index (κ2) is 5.41. The Hall–Kier alpha value is -0.930. The van der Waals surface area contributed by atoms with Crippen molar-refractivity contribution in [2.24, 2.45) is 5.92 Å². The van der Waals surface area contributed by atoms with Crippen LogP contribution in [0.5, 0.6) is 0 Å². The van der Waals surface area contributed by atoms with E-state index in [0.717, 1.165) is 12.3 Å². The Labute approximate surface area is 96.9 Å². The van der Waals surface area contributed by atoms with Crippen LogP contribution < -0.4 is 5.32 Å². The average Bonchev–Trinajstić information content (AvgIpc) is 3.13. The Morgan fingerprint density at radius 3 is 2.69 bits per heavy atom. The maximum absolute atomic E-state index is 9.05. The number of hydrogen-bond donors (Lipinski definition) is 2. The Balaban J connectivity index is 1.92. The zero-order valence-electron chi connectivity index (χ0n) is 9.76. The van der Waals surface area contributed by atoms with Crippen LogP contribution in [0.4, 0.5) is 0 Å². The summed E-state index contributed by atoms with van der Waals surface area (Å²) in [5, 5.41) is 12.7. The average molecular weight is 220 g/mol. The number of aromatic nitrogens is 1. The second-order valence-corrected chi connectivity index (χ2v) is 4.63. The third-order valence-corrected chi connectivity index (χ3v) is 3.30. The molecule has 1 aromatic rings. The largest absolute Gasteiger partial charge is 0.396 e. The van der Waals surface area contributed by atoms with Crippen LogP contribution in [0.25, 0.3) is 0 Å². The molecule has 0 aromatic carbocycles. The number of nitrogens with one attached hydrogen (secondary N) is 1. The zero-order valence-corrected chi connectivity index (χ0v) is 9.76. The Kier molecular flexibility index (Phi) is 3.91. The number of nitrogens with zero attached hydrogens (tertiary/aromatic N) is 1. The molecular weight excluding hydrogens is 200 g/mol. The molecule has 1 heterocycles. The number of pyridine rings is 1. The van der Waals surface area contributed by atoms with E-state index in [0.29, 0.717) is 12.1 Å². The molecule has 1 aromatic heterocycles. The van der Waals surface area contributed by atoms with E-state index in [1.807, 2.05) is 24.5 Å². The fraction of sp³-hybridized carbons (Fsp3) is 0.615. The molecule has 3 heteroatoms. The van der Waals surface area contributed by atoms with Crippen molar-refractivity contribution in [1.82, 2.24) is 10.3 Å². The maximum atomic E-state index is 9.05. The van der Waals surface area contributed by atoms with Gasteiger partial charge in [0.2, 0.25) is 0 Å². The molecule has 2 atom stereocenters. The van der Waals surface area contributed by atoms with Gasteiger partial charge >= 0.3 is 0 Å². The zero-order chi connectivity index (χ0) is 11.4. The van der Waals surface area contributed by atoms with Crippen molar-refractivity contribution in [3.8, 4) is 0 Å². The number of rotatable bonds is 6. The van der Waals surface area contributed by atoms with Crippen LogP contribution in [-0.4, -0.2) is 22.7 Å². The van der Waals surface area contributed by atoms with Crippen molar-refractivity contribution in [2.75, 3.05) is 6.61 Å². The Bertz CT molecular complexity index is 311. The lowest BCUT2D eigenvalue weighted by molar-refractivity contribution is 0.250. The third kappa shape index (κ3) is 3.03. The molecule has 1 aliphatic carbocycles. The first-order valence-corrected chi connectivity index (χ1v) is 6.08. The van der Waals surface area contributed by atoms with Gasteiger partial charge in [-0.1, -0.05) is 0 Å². The van der Waals surface area contributed by atoms with Crippen molar-refractivity contribution >= 4 is 0 Å². The molecule has 0 amide bonds. The molecule has 2 unspecified atom stereocenters. The first kappa shape index (κ1) is 11.6. The number of aliphatic hydroxyl groups excluding tert-OH is 1. The topological polar surface area (TPSA) is 45.1 Å². The normalized spacial score (nSPS) is 19.4. The summed E-state index contributed by atoms with van der Waals surface area (Å²) >= 11 is 0. The van der Waals surface area contributed by atoms with E-state index in [9.17, 15) is 0 Å². The summed E-state index contributed by atoms with van der Waals surface area (Å²) in [5.41, 5.74) is 1.26. The highest BCUT2D eigenvalue weighted by atomic mass is 16.3. The Morgan fingerprint density at radius 2 is 2.12 bits per heavy atom.